The van der Waals surface area contributed by atoms with Crippen LogP contribution in [0.3, 0.4) is 0 Å². The van der Waals surface area contributed by atoms with E-state index in [9.17, 15) is 9.59 Å². The maximum Gasteiger partial charge on any atom is 0.274 e. The minimum absolute atomic E-state index is 0. The molecule has 184 valence electrons. The topological polar surface area (TPSA) is 102 Å². The number of rotatable bonds is 3. The van der Waals surface area contributed by atoms with Crippen molar-refractivity contribution in [3.8, 4) is 5.75 Å². The lowest BCUT2D eigenvalue weighted by Gasteiger charge is -2.18. The first kappa shape index (κ1) is 25.0. The zero-order chi connectivity index (χ0) is 22.7. The maximum absolute atomic E-state index is 13.5. The third-order valence-electron chi connectivity index (χ3n) is 6.64. The molecule has 9 nitrogen and oxygen atoms in total. The molecule has 0 bridgehead atoms. The lowest BCUT2D eigenvalue weighted by molar-refractivity contribution is 0.0988. The molecule has 5 heterocycles. The number of H-pyrrole nitrogens is 1. The molecule has 0 saturated carbocycles. The summed E-state index contributed by atoms with van der Waals surface area (Å²) < 4.78 is 12.7. The Kier molecular flexibility index (Phi) is 6.77. The van der Waals surface area contributed by atoms with Crippen molar-refractivity contribution >= 4 is 53.1 Å². The standard InChI is InChI=1S/C24H23N5O4.2ClH/c1-13-7-19-18(27-23(30)20-11-26-22(29(19)20)15-4-6-33-12-15)9-17(13)24(31)28-5-3-14-8-16(32-2)10-25-21(14)28;;/h7-11,15H,3-6,12H2,1-2H3,(H,27,30);2*1H. The summed E-state index contributed by atoms with van der Waals surface area (Å²) in [5.41, 5.74) is 4.03. The number of carbonyl (C=O) groups is 1. The van der Waals surface area contributed by atoms with Gasteiger partial charge in [-0.3, -0.25) is 18.9 Å². The van der Waals surface area contributed by atoms with Gasteiger partial charge in [-0.1, -0.05) is 0 Å². The zero-order valence-corrected chi connectivity index (χ0v) is 20.9. The molecule has 2 aliphatic heterocycles. The highest BCUT2D eigenvalue weighted by molar-refractivity contribution is 6.09. The minimum Gasteiger partial charge on any atom is -0.495 e. The van der Waals surface area contributed by atoms with Crippen LogP contribution in [0.15, 0.2) is 35.4 Å². The summed E-state index contributed by atoms with van der Waals surface area (Å²) in [6, 6.07) is 5.64. The van der Waals surface area contributed by atoms with Crippen molar-refractivity contribution in [3.05, 3.63) is 63.5 Å². The Hall–Kier alpha value is -3.14. The Bertz CT molecular complexity index is 1490. The number of anilines is 1. The van der Waals surface area contributed by atoms with E-state index in [0.717, 1.165) is 35.3 Å². The average Bonchev–Trinajstić information content (AvgIpc) is 3.57. The molecule has 1 aromatic carbocycles. The first-order chi connectivity index (χ1) is 16.0. The number of hydrogen-bond acceptors (Lipinski definition) is 6. The van der Waals surface area contributed by atoms with Crippen LogP contribution in [-0.4, -0.2) is 52.1 Å². The van der Waals surface area contributed by atoms with E-state index < -0.39 is 0 Å². The van der Waals surface area contributed by atoms with Crippen LogP contribution in [0.4, 0.5) is 5.82 Å². The van der Waals surface area contributed by atoms with Crippen LogP contribution in [0.5, 0.6) is 5.75 Å². The van der Waals surface area contributed by atoms with Crippen LogP contribution in [-0.2, 0) is 11.2 Å². The second kappa shape index (κ2) is 9.49. The van der Waals surface area contributed by atoms with Crippen molar-refractivity contribution in [1.29, 1.82) is 0 Å². The zero-order valence-electron chi connectivity index (χ0n) is 19.2. The molecule has 1 atom stereocenters. The van der Waals surface area contributed by atoms with Crippen molar-refractivity contribution < 1.29 is 14.3 Å². The molecule has 0 radical (unpaired) electrons. The molecule has 35 heavy (non-hydrogen) atoms. The molecule has 0 spiro atoms. The second-order valence-electron chi connectivity index (χ2n) is 8.60. The van der Waals surface area contributed by atoms with Gasteiger partial charge >= 0.3 is 0 Å². The summed E-state index contributed by atoms with van der Waals surface area (Å²) in [6.45, 7) is 3.75. The van der Waals surface area contributed by atoms with Gasteiger partial charge in [0, 0.05) is 30.2 Å². The van der Waals surface area contributed by atoms with Gasteiger partial charge in [-0.15, -0.1) is 24.8 Å². The molecule has 2 aliphatic rings. The number of hydrogen-bond donors (Lipinski definition) is 1. The normalized spacial score (nSPS) is 16.7. The number of aromatic amines is 1. The van der Waals surface area contributed by atoms with E-state index in [0.29, 0.717) is 47.9 Å². The lowest BCUT2D eigenvalue weighted by Crippen LogP contribution is -2.30. The van der Waals surface area contributed by atoms with E-state index in [2.05, 4.69) is 15.0 Å². The highest BCUT2D eigenvalue weighted by atomic mass is 35.5. The van der Waals surface area contributed by atoms with E-state index >= 15 is 0 Å². The number of pyridine rings is 1. The molecular weight excluding hydrogens is 493 g/mol. The van der Waals surface area contributed by atoms with Gasteiger partial charge in [0.2, 0.25) is 0 Å². The fraction of sp³-hybridized carbons (Fsp3) is 0.333. The van der Waals surface area contributed by atoms with Gasteiger partial charge in [0.1, 0.15) is 22.9 Å². The number of nitrogens with zero attached hydrogens (tertiary/aromatic N) is 4. The van der Waals surface area contributed by atoms with Gasteiger partial charge in [0.05, 0.1) is 37.1 Å². The van der Waals surface area contributed by atoms with Crippen molar-refractivity contribution in [2.45, 2.75) is 25.7 Å². The summed E-state index contributed by atoms with van der Waals surface area (Å²) in [6.07, 6.45) is 4.83. The molecule has 4 aromatic rings. The lowest BCUT2D eigenvalue weighted by atomic mass is 10.0. The van der Waals surface area contributed by atoms with Crippen LogP contribution in [0.25, 0.3) is 16.6 Å². The monoisotopic (exact) mass is 517 g/mol. The third kappa shape index (κ3) is 3.93. The average molecular weight is 518 g/mol. The fourth-order valence-electron chi connectivity index (χ4n) is 4.90. The SMILES string of the molecule is COc1cnc2c(c1)CCN2C(=O)c1cc2[nH]c(=O)c3cnc(C4CCOC4)n3c2cc1C.Cl.Cl. The number of methoxy groups -OCH3 is 1. The van der Waals surface area contributed by atoms with Crippen molar-refractivity contribution in [3.63, 3.8) is 0 Å². The summed E-state index contributed by atoms with van der Waals surface area (Å²) in [5.74, 6) is 2.16. The molecule has 11 heteroatoms. The highest BCUT2D eigenvalue weighted by Crippen LogP contribution is 2.32. The van der Waals surface area contributed by atoms with Crippen LogP contribution < -0.4 is 15.2 Å². The molecule has 6 rings (SSSR count). The Morgan fingerprint density at radius 1 is 1.17 bits per heavy atom. The molecule has 3 aromatic heterocycles. The second-order valence-corrected chi connectivity index (χ2v) is 8.60. The number of imidazole rings is 1. The van der Waals surface area contributed by atoms with Gasteiger partial charge < -0.3 is 14.5 Å². The van der Waals surface area contributed by atoms with E-state index in [-0.39, 0.29) is 42.2 Å². The van der Waals surface area contributed by atoms with Gasteiger partial charge in [0.25, 0.3) is 11.5 Å². The quantitative estimate of drug-likeness (QED) is 0.446. The number of carbonyl (C=O) groups excluding carboxylic acids is 1. The summed E-state index contributed by atoms with van der Waals surface area (Å²) >= 11 is 0. The molecule has 1 fully saturated rings. The highest BCUT2D eigenvalue weighted by Gasteiger charge is 2.29. The summed E-state index contributed by atoms with van der Waals surface area (Å²) in [5, 5.41) is 0. The van der Waals surface area contributed by atoms with Crippen LogP contribution in [0.2, 0.25) is 0 Å². The van der Waals surface area contributed by atoms with Gasteiger partial charge in [-0.2, -0.15) is 0 Å². The Balaban J connectivity index is 0.00000144. The predicted octanol–water partition coefficient (Wildman–Crippen LogP) is 3.44. The first-order valence-corrected chi connectivity index (χ1v) is 11.0. The Labute approximate surface area is 213 Å². The van der Waals surface area contributed by atoms with E-state index in [1.165, 1.54) is 0 Å². The smallest absolute Gasteiger partial charge is 0.274 e. The maximum atomic E-state index is 13.5. The number of aromatic nitrogens is 4. The van der Waals surface area contributed by atoms with Crippen molar-refractivity contribution in [2.75, 3.05) is 31.8 Å². The number of fused-ring (bicyclic) bond motifs is 4. The van der Waals surface area contributed by atoms with E-state index in [4.69, 9.17) is 9.47 Å². The summed E-state index contributed by atoms with van der Waals surface area (Å²) in [7, 11) is 1.60. The molecule has 1 amide bonds. The first-order valence-electron chi connectivity index (χ1n) is 11.0. The number of halogens is 2. The third-order valence-corrected chi connectivity index (χ3v) is 6.64. The van der Waals surface area contributed by atoms with E-state index in [1.54, 1.807) is 30.5 Å². The fourth-order valence-corrected chi connectivity index (χ4v) is 4.90. The number of aryl methyl sites for hydroxylation is 1. The number of benzene rings is 1. The molecule has 1 unspecified atom stereocenters. The Morgan fingerprint density at radius 3 is 2.74 bits per heavy atom. The summed E-state index contributed by atoms with van der Waals surface area (Å²) in [4.78, 5) is 40.0. The number of amides is 1. The minimum atomic E-state index is -0.234. The van der Waals surface area contributed by atoms with E-state index in [1.807, 2.05) is 23.5 Å². The largest absolute Gasteiger partial charge is 0.495 e. The number of nitrogens with one attached hydrogen (secondary N) is 1. The van der Waals surface area contributed by atoms with Crippen molar-refractivity contribution in [1.82, 2.24) is 19.4 Å². The molecular formula is C24H25Cl2N5O4. The van der Waals surface area contributed by atoms with Crippen LogP contribution in [0, 0.1) is 6.92 Å². The molecule has 1 N–H and O–H groups in total. The molecule has 1 saturated heterocycles. The van der Waals surface area contributed by atoms with Gasteiger partial charge in [-0.25, -0.2) is 9.97 Å². The Morgan fingerprint density at radius 2 is 2.00 bits per heavy atom. The van der Waals surface area contributed by atoms with Crippen molar-refractivity contribution in [2.24, 2.45) is 0 Å². The van der Waals surface area contributed by atoms with Gasteiger partial charge in [0.15, 0.2) is 0 Å². The van der Waals surface area contributed by atoms with Crippen LogP contribution >= 0.6 is 24.8 Å². The van der Waals surface area contributed by atoms with Crippen LogP contribution in [0.1, 0.15) is 39.6 Å². The number of ether oxygens (including phenoxy) is 2. The molecule has 0 aliphatic carbocycles. The predicted molar refractivity (Wildman–Crippen MR) is 137 cm³/mol. The van der Waals surface area contributed by atoms with Gasteiger partial charge in [-0.05, 0) is 43.5 Å².